The monoisotopic (exact) mass is 480 g/mol. The number of ether oxygens (including phenoxy) is 2. The van der Waals surface area contributed by atoms with Gasteiger partial charge in [0.15, 0.2) is 0 Å². The number of carbonyl (C=O) groups excluding carboxylic acids is 2. The van der Waals surface area contributed by atoms with Gasteiger partial charge in [-0.2, -0.15) is 0 Å². The topological polar surface area (TPSA) is 79.3 Å². The summed E-state index contributed by atoms with van der Waals surface area (Å²) in [7, 11) is 0. The van der Waals surface area contributed by atoms with Crippen molar-refractivity contribution in [1.82, 2.24) is 9.80 Å². The zero-order valence-electron chi connectivity index (χ0n) is 19.5. The molecular formula is C27H29FN2O5. The van der Waals surface area contributed by atoms with Crippen LogP contribution in [0.25, 0.3) is 5.76 Å². The lowest BCUT2D eigenvalue weighted by Gasteiger charge is -2.29. The maximum atomic E-state index is 14.9. The molecule has 1 N–H and O–H groups in total. The number of amides is 1. The largest absolute Gasteiger partial charge is 0.507 e. The van der Waals surface area contributed by atoms with Crippen molar-refractivity contribution >= 4 is 17.4 Å². The molecule has 2 aliphatic heterocycles. The van der Waals surface area contributed by atoms with Crippen molar-refractivity contribution in [2.24, 2.45) is 0 Å². The molecule has 2 saturated heterocycles. The molecule has 0 aromatic heterocycles. The van der Waals surface area contributed by atoms with E-state index >= 15 is 0 Å². The fourth-order valence-corrected chi connectivity index (χ4v) is 4.44. The lowest BCUT2D eigenvalue weighted by atomic mass is 9.95. The minimum Gasteiger partial charge on any atom is -0.507 e. The van der Waals surface area contributed by atoms with E-state index in [1.807, 2.05) is 0 Å². The van der Waals surface area contributed by atoms with Gasteiger partial charge in [0.05, 0.1) is 24.8 Å². The zero-order chi connectivity index (χ0) is 24.8. The number of morpholine rings is 1. The number of halogens is 1. The summed E-state index contributed by atoms with van der Waals surface area (Å²) in [5.41, 5.74) is 0.389. The Labute approximate surface area is 204 Å². The molecular weight excluding hydrogens is 451 g/mol. The molecule has 0 bridgehead atoms. The highest BCUT2D eigenvalue weighted by molar-refractivity contribution is 6.46. The normalized spacial score (nSPS) is 20.3. The van der Waals surface area contributed by atoms with Gasteiger partial charge in [-0.3, -0.25) is 14.5 Å². The van der Waals surface area contributed by atoms with E-state index in [0.717, 1.165) is 19.6 Å². The third kappa shape index (κ3) is 5.44. The summed E-state index contributed by atoms with van der Waals surface area (Å²) in [4.78, 5) is 29.8. The highest BCUT2D eigenvalue weighted by atomic mass is 19.1. The number of likely N-dealkylation sites (tertiary alicyclic amines) is 1. The first-order valence-corrected chi connectivity index (χ1v) is 11.7. The highest BCUT2D eigenvalue weighted by Crippen LogP contribution is 2.40. The molecule has 35 heavy (non-hydrogen) atoms. The van der Waals surface area contributed by atoms with E-state index < -0.39 is 23.5 Å². The Hall–Kier alpha value is -3.49. The number of Topliss-reactive ketones (excluding diaryl/α,β-unsaturated/α-hetero) is 1. The Balaban J connectivity index is 1.65. The number of hydrogen-bond acceptors (Lipinski definition) is 6. The minimum atomic E-state index is -1.02. The van der Waals surface area contributed by atoms with Crippen LogP contribution in [0.2, 0.25) is 0 Å². The Morgan fingerprint density at radius 2 is 1.83 bits per heavy atom. The van der Waals surface area contributed by atoms with Crippen molar-refractivity contribution < 1.29 is 28.6 Å². The van der Waals surface area contributed by atoms with Crippen LogP contribution in [0.15, 0.2) is 66.8 Å². The third-order valence-electron chi connectivity index (χ3n) is 6.21. The van der Waals surface area contributed by atoms with Gasteiger partial charge in [0, 0.05) is 37.3 Å². The molecule has 184 valence electrons. The molecule has 8 heteroatoms. The summed E-state index contributed by atoms with van der Waals surface area (Å²) in [6.45, 7) is 7.85. The standard InChI is InChI=1S/C27H29FN2O5/c1-2-16-35-20-10-8-19(9-11-20)25(31)23-24(21-6-3-4-7-22(21)28)30(27(33)26(23)32)13-5-12-29-14-17-34-18-15-29/h2-4,6-11,24,31H,1,5,12-18H2/t24-/m1/s1. The van der Waals surface area contributed by atoms with Crippen LogP contribution in [0.1, 0.15) is 23.6 Å². The van der Waals surface area contributed by atoms with E-state index in [2.05, 4.69) is 11.5 Å². The van der Waals surface area contributed by atoms with Crippen LogP contribution in [0.5, 0.6) is 5.75 Å². The summed E-state index contributed by atoms with van der Waals surface area (Å²) >= 11 is 0. The van der Waals surface area contributed by atoms with Gasteiger partial charge in [0.25, 0.3) is 11.7 Å². The lowest BCUT2D eigenvalue weighted by molar-refractivity contribution is -0.140. The van der Waals surface area contributed by atoms with E-state index in [-0.39, 0.29) is 23.4 Å². The van der Waals surface area contributed by atoms with Gasteiger partial charge in [-0.05, 0) is 36.8 Å². The first-order valence-electron chi connectivity index (χ1n) is 11.7. The Morgan fingerprint density at radius 3 is 2.51 bits per heavy atom. The van der Waals surface area contributed by atoms with Gasteiger partial charge in [-0.1, -0.05) is 30.9 Å². The SMILES string of the molecule is C=CCOc1ccc(C(O)=C2C(=O)C(=O)N(CCCN3CCOCC3)[C@@H]2c2ccccc2F)cc1. The average Bonchev–Trinajstić information content (AvgIpc) is 3.13. The minimum absolute atomic E-state index is 0.119. The Kier molecular flexibility index (Phi) is 7.94. The predicted molar refractivity (Wildman–Crippen MR) is 129 cm³/mol. The lowest BCUT2D eigenvalue weighted by Crippen LogP contribution is -2.39. The molecule has 2 fully saturated rings. The molecule has 2 aliphatic rings. The van der Waals surface area contributed by atoms with Gasteiger partial charge < -0.3 is 19.5 Å². The molecule has 0 radical (unpaired) electrons. The summed E-state index contributed by atoms with van der Waals surface area (Å²) in [6, 6.07) is 11.5. The third-order valence-corrected chi connectivity index (χ3v) is 6.21. The van der Waals surface area contributed by atoms with Crippen molar-refractivity contribution in [3.63, 3.8) is 0 Å². The smallest absolute Gasteiger partial charge is 0.295 e. The molecule has 4 rings (SSSR count). The van der Waals surface area contributed by atoms with Crippen LogP contribution < -0.4 is 4.74 Å². The summed E-state index contributed by atoms with van der Waals surface area (Å²) in [5, 5.41) is 11.1. The fraction of sp³-hybridized carbons (Fsp3) is 0.333. The van der Waals surface area contributed by atoms with Gasteiger partial charge in [0.1, 0.15) is 23.9 Å². The van der Waals surface area contributed by atoms with E-state index in [0.29, 0.717) is 37.6 Å². The van der Waals surface area contributed by atoms with Gasteiger partial charge >= 0.3 is 0 Å². The molecule has 7 nitrogen and oxygen atoms in total. The number of aliphatic hydroxyl groups is 1. The molecule has 2 aromatic carbocycles. The number of benzene rings is 2. The second-order valence-corrected chi connectivity index (χ2v) is 8.45. The van der Waals surface area contributed by atoms with Gasteiger partial charge in [0.2, 0.25) is 0 Å². The maximum Gasteiger partial charge on any atom is 0.295 e. The van der Waals surface area contributed by atoms with Crippen molar-refractivity contribution in [3.8, 4) is 5.75 Å². The second-order valence-electron chi connectivity index (χ2n) is 8.45. The van der Waals surface area contributed by atoms with E-state index in [1.165, 1.54) is 11.0 Å². The molecule has 0 unspecified atom stereocenters. The quantitative estimate of drug-likeness (QED) is 0.256. The van der Waals surface area contributed by atoms with E-state index in [1.54, 1.807) is 48.5 Å². The van der Waals surface area contributed by atoms with Crippen LogP contribution in [-0.4, -0.2) is 72.6 Å². The Morgan fingerprint density at radius 1 is 1.11 bits per heavy atom. The highest BCUT2D eigenvalue weighted by Gasteiger charge is 2.46. The second kappa shape index (κ2) is 11.3. The first-order chi connectivity index (χ1) is 17.0. The van der Waals surface area contributed by atoms with Crippen molar-refractivity contribution in [2.45, 2.75) is 12.5 Å². The summed E-state index contributed by atoms with van der Waals surface area (Å²) < 4.78 is 25.7. The number of nitrogens with zero attached hydrogens (tertiary/aromatic N) is 2. The maximum absolute atomic E-state index is 14.9. The molecule has 2 aromatic rings. The van der Waals surface area contributed by atoms with Gasteiger partial charge in [-0.15, -0.1) is 0 Å². The van der Waals surface area contributed by atoms with Crippen molar-refractivity contribution in [2.75, 3.05) is 46.0 Å². The average molecular weight is 481 g/mol. The van der Waals surface area contributed by atoms with Crippen molar-refractivity contribution in [3.05, 3.63) is 83.7 Å². The zero-order valence-corrected chi connectivity index (χ0v) is 19.5. The summed E-state index contributed by atoms with van der Waals surface area (Å²) in [6.07, 6.45) is 2.22. The number of aliphatic hydroxyl groups excluding tert-OH is 1. The van der Waals surface area contributed by atoms with Crippen LogP contribution in [0, 0.1) is 5.82 Å². The molecule has 2 heterocycles. The van der Waals surface area contributed by atoms with Crippen LogP contribution in [0.3, 0.4) is 0 Å². The molecule has 1 atom stereocenters. The van der Waals surface area contributed by atoms with Crippen LogP contribution >= 0.6 is 0 Å². The Bertz CT molecular complexity index is 1110. The fourth-order valence-electron chi connectivity index (χ4n) is 4.44. The van der Waals surface area contributed by atoms with Crippen LogP contribution in [0.4, 0.5) is 4.39 Å². The number of ketones is 1. The number of rotatable bonds is 9. The first kappa shape index (κ1) is 24.6. The summed E-state index contributed by atoms with van der Waals surface area (Å²) in [5.74, 6) is -1.89. The van der Waals surface area contributed by atoms with E-state index in [4.69, 9.17) is 9.47 Å². The number of carbonyl (C=O) groups is 2. The van der Waals surface area contributed by atoms with Crippen LogP contribution in [-0.2, 0) is 14.3 Å². The van der Waals surface area contributed by atoms with Gasteiger partial charge in [-0.25, -0.2) is 4.39 Å². The van der Waals surface area contributed by atoms with E-state index in [9.17, 15) is 19.1 Å². The molecule has 0 spiro atoms. The molecule has 0 aliphatic carbocycles. The molecule has 0 saturated carbocycles. The predicted octanol–water partition coefficient (Wildman–Crippen LogP) is 3.53. The number of hydrogen-bond donors (Lipinski definition) is 1. The van der Waals surface area contributed by atoms with Crippen molar-refractivity contribution in [1.29, 1.82) is 0 Å². The molecule has 1 amide bonds.